The number of hydrogen-bond donors (Lipinski definition) is 1. The number of rotatable bonds is 22. The van der Waals surface area contributed by atoms with Crippen LogP contribution >= 0.6 is 23.2 Å². The molecule has 1 aliphatic heterocycles. The van der Waals surface area contributed by atoms with Gasteiger partial charge in [0.25, 0.3) is 0 Å². The molecular weight excluding hydrogens is 625 g/mol. The van der Waals surface area contributed by atoms with E-state index in [4.69, 9.17) is 37.4 Å². The first-order valence-electron chi connectivity index (χ1n) is 15.2. The summed E-state index contributed by atoms with van der Waals surface area (Å²) in [7, 11) is -1.79. The molecule has 1 heterocycles. The van der Waals surface area contributed by atoms with Gasteiger partial charge in [0.15, 0.2) is 0 Å². The number of carbonyl (C=O) groups excluding carboxylic acids is 1. The number of nitrogens with one attached hydrogen (secondary N) is 1. The van der Waals surface area contributed by atoms with Crippen molar-refractivity contribution in [2.75, 3.05) is 72.1 Å². The summed E-state index contributed by atoms with van der Waals surface area (Å²) in [6, 6.07) is 4.95. The lowest BCUT2D eigenvalue weighted by molar-refractivity contribution is -0.130. The average molecular weight is 675 g/mol. The van der Waals surface area contributed by atoms with Crippen LogP contribution in [0.1, 0.15) is 45.1 Å². The standard InChI is InChI=1S/C32H49Cl2N3O6S/c1-5-6-16-41-17-18-42-19-20-43-21-22-44(39,40)35-27(3)11-9-10-26(2)31(25-37-14-7-8-15-37)36(4)32(38)24-28-12-13-29(33)30(34)23-28/h9-13,23,31,35H,2,5-8,14-22,24-25H2,1,3-4H3/b10-9-,27-11+/t31-/m1/s1. The Kier molecular flexibility index (Phi) is 18.2. The third-order valence-corrected chi connectivity index (χ3v) is 9.19. The topological polar surface area (TPSA) is 97.4 Å². The zero-order valence-electron chi connectivity index (χ0n) is 26.4. The number of likely N-dealkylation sites (N-methyl/N-ethyl adjacent to an activating group) is 1. The van der Waals surface area contributed by atoms with Crippen molar-refractivity contribution in [2.24, 2.45) is 0 Å². The average Bonchev–Trinajstić information content (AvgIpc) is 3.49. The van der Waals surface area contributed by atoms with Crippen LogP contribution in [0.2, 0.25) is 10.0 Å². The highest BCUT2D eigenvalue weighted by Crippen LogP contribution is 2.23. The van der Waals surface area contributed by atoms with E-state index in [2.05, 4.69) is 23.1 Å². The van der Waals surface area contributed by atoms with Crippen LogP contribution in [0.4, 0.5) is 0 Å². The van der Waals surface area contributed by atoms with Gasteiger partial charge in [0.1, 0.15) is 0 Å². The molecule has 0 aromatic heterocycles. The van der Waals surface area contributed by atoms with E-state index in [1.807, 2.05) is 6.08 Å². The SMILES string of the molecule is C=C(/C=C\C=C(/C)NS(=O)(=O)CCOCCOCCOCCCC)[C@@H](CN1CCCC1)N(C)C(=O)Cc1ccc(Cl)c(Cl)c1. The van der Waals surface area contributed by atoms with Crippen molar-refractivity contribution in [3.63, 3.8) is 0 Å². The van der Waals surface area contributed by atoms with Gasteiger partial charge in [0, 0.05) is 25.9 Å². The predicted octanol–water partition coefficient (Wildman–Crippen LogP) is 5.24. The van der Waals surface area contributed by atoms with Crippen LogP contribution in [-0.2, 0) is 35.4 Å². The van der Waals surface area contributed by atoms with Gasteiger partial charge in [0.2, 0.25) is 15.9 Å². The third kappa shape index (κ3) is 15.4. The van der Waals surface area contributed by atoms with E-state index in [1.54, 1.807) is 49.2 Å². The molecule has 248 valence electrons. The molecule has 0 saturated carbocycles. The number of carbonyl (C=O) groups is 1. The molecule has 9 nitrogen and oxygen atoms in total. The molecule has 0 aliphatic carbocycles. The molecular formula is C32H49Cl2N3O6S. The molecule has 1 aromatic carbocycles. The summed E-state index contributed by atoms with van der Waals surface area (Å²) >= 11 is 12.2. The van der Waals surface area contributed by atoms with E-state index < -0.39 is 10.0 Å². The first-order valence-corrected chi connectivity index (χ1v) is 17.6. The van der Waals surface area contributed by atoms with Crippen LogP contribution in [0.5, 0.6) is 0 Å². The number of benzene rings is 1. The first-order chi connectivity index (χ1) is 21.0. The normalized spacial score (nSPS) is 15.2. The molecule has 44 heavy (non-hydrogen) atoms. The maximum atomic E-state index is 13.2. The van der Waals surface area contributed by atoms with Crippen molar-refractivity contribution < 1.29 is 27.4 Å². The van der Waals surface area contributed by atoms with Gasteiger partial charge in [-0.2, -0.15) is 0 Å². The molecule has 1 atom stereocenters. The van der Waals surface area contributed by atoms with E-state index in [-0.39, 0.29) is 30.7 Å². The van der Waals surface area contributed by atoms with E-state index in [9.17, 15) is 13.2 Å². The summed E-state index contributed by atoms with van der Waals surface area (Å²) in [5.41, 5.74) is 1.99. The number of allylic oxidation sites excluding steroid dienone is 3. The Hall–Kier alpha value is -1.92. The minimum Gasteiger partial charge on any atom is -0.379 e. The van der Waals surface area contributed by atoms with Crippen molar-refractivity contribution in [1.82, 2.24) is 14.5 Å². The first kappa shape index (κ1) is 38.3. The van der Waals surface area contributed by atoms with Crippen LogP contribution in [0, 0.1) is 0 Å². The van der Waals surface area contributed by atoms with Crippen LogP contribution in [-0.4, -0.2) is 102 Å². The molecule has 0 bridgehead atoms. The molecule has 1 saturated heterocycles. The van der Waals surface area contributed by atoms with Crippen LogP contribution in [0.25, 0.3) is 0 Å². The number of ether oxygens (including phenoxy) is 3. The Morgan fingerprint density at radius 1 is 1.07 bits per heavy atom. The zero-order valence-corrected chi connectivity index (χ0v) is 28.7. The second kappa shape index (κ2) is 21.0. The van der Waals surface area contributed by atoms with Crippen molar-refractivity contribution in [2.45, 2.75) is 52.0 Å². The Morgan fingerprint density at radius 3 is 2.34 bits per heavy atom. The Bertz CT molecular complexity index is 1200. The summed E-state index contributed by atoms with van der Waals surface area (Å²) in [5.74, 6) is -0.231. The third-order valence-electron chi connectivity index (χ3n) is 7.11. The van der Waals surface area contributed by atoms with Gasteiger partial charge in [-0.3, -0.25) is 9.52 Å². The van der Waals surface area contributed by atoms with Crippen molar-refractivity contribution in [3.8, 4) is 0 Å². The van der Waals surface area contributed by atoms with E-state index in [0.717, 1.165) is 56.5 Å². The number of likely N-dealkylation sites (tertiary alicyclic amines) is 1. The van der Waals surface area contributed by atoms with Gasteiger partial charge in [-0.05, 0) is 68.6 Å². The Balaban J connectivity index is 1.84. The molecule has 0 unspecified atom stereocenters. The number of sulfonamides is 1. The van der Waals surface area contributed by atoms with E-state index in [1.165, 1.54) is 0 Å². The fourth-order valence-electron chi connectivity index (χ4n) is 4.54. The monoisotopic (exact) mass is 673 g/mol. The van der Waals surface area contributed by atoms with Gasteiger partial charge in [-0.1, -0.05) is 61.3 Å². The van der Waals surface area contributed by atoms with E-state index in [0.29, 0.717) is 48.7 Å². The molecule has 2 rings (SSSR count). The van der Waals surface area contributed by atoms with Crippen molar-refractivity contribution >= 4 is 39.1 Å². The minimum atomic E-state index is -3.57. The fourth-order valence-corrected chi connectivity index (χ4v) is 5.85. The lowest BCUT2D eigenvalue weighted by Crippen LogP contribution is -2.45. The second-order valence-corrected chi connectivity index (χ2v) is 13.5. The summed E-state index contributed by atoms with van der Waals surface area (Å²) in [4.78, 5) is 17.3. The number of amides is 1. The van der Waals surface area contributed by atoms with Gasteiger partial charge >= 0.3 is 0 Å². The van der Waals surface area contributed by atoms with Crippen molar-refractivity contribution in [3.05, 3.63) is 69.9 Å². The van der Waals surface area contributed by atoms with Gasteiger partial charge < -0.3 is 24.0 Å². The largest absolute Gasteiger partial charge is 0.379 e. The number of nitrogens with zero attached hydrogens (tertiary/aromatic N) is 2. The maximum absolute atomic E-state index is 13.2. The minimum absolute atomic E-state index is 0.0619. The lowest BCUT2D eigenvalue weighted by Gasteiger charge is -2.32. The van der Waals surface area contributed by atoms with Crippen molar-refractivity contribution in [1.29, 1.82) is 0 Å². The van der Waals surface area contributed by atoms with Gasteiger partial charge in [-0.25, -0.2) is 8.42 Å². The quantitative estimate of drug-likeness (QED) is 0.133. The molecule has 1 fully saturated rings. The number of halogens is 2. The smallest absolute Gasteiger partial charge is 0.234 e. The second-order valence-electron chi connectivity index (χ2n) is 10.8. The highest BCUT2D eigenvalue weighted by atomic mass is 35.5. The summed E-state index contributed by atoms with van der Waals surface area (Å²) in [6.45, 7) is 13.2. The predicted molar refractivity (Wildman–Crippen MR) is 179 cm³/mol. The lowest BCUT2D eigenvalue weighted by atomic mass is 10.0. The molecule has 1 aliphatic rings. The Morgan fingerprint density at radius 2 is 1.70 bits per heavy atom. The molecule has 1 N–H and O–H groups in total. The fraction of sp³-hybridized carbons (Fsp3) is 0.594. The molecule has 1 amide bonds. The molecule has 1 aromatic rings. The van der Waals surface area contributed by atoms with Crippen LogP contribution in [0.15, 0.2) is 54.3 Å². The number of hydrogen-bond acceptors (Lipinski definition) is 7. The molecule has 0 radical (unpaired) electrons. The van der Waals surface area contributed by atoms with Gasteiger partial charge in [0.05, 0.1) is 61.3 Å². The molecule has 12 heteroatoms. The summed E-state index contributed by atoms with van der Waals surface area (Å²) in [6.07, 6.45) is 9.81. The Labute approximate surface area is 274 Å². The zero-order chi connectivity index (χ0) is 32.4. The summed E-state index contributed by atoms with van der Waals surface area (Å²) < 4.78 is 43.7. The maximum Gasteiger partial charge on any atom is 0.234 e. The van der Waals surface area contributed by atoms with E-state index >= 15 is 0 Å². The van der Waals surface area contributed by atoms with Crippen LogP contribution < -0.4 is 4.72 Å². The number of unbranched alkanes of at least 4 members (excludes halogenated alkanes) is 1. The van der Waals surface area contributed by atoms with Gasteiger partial charge in [-0.15, -0.1) is 0 Å². The molecule has 0 spiro atoms. The summed E-state index contributed by atoms with van der Waals surface area (Å²) in [5, 5.41) is 0.858. The highest BCUT2D eigenvalue weighted by Gasteiger charge is 2.25. The van der Waals surface area contributed by atoms with Crippen LogP contribution in [0.3, 0.4) is 0 Å². The highest BCUT2D eigenvalue weighted by molar-refractivity contribution is 7.89.